The van der Waals surface area contributed by atoms with Crippen molar-refractivity contribution in [3.05, 3.63) is 35.9 Å². The maximum atomic E-state index is 13.8. The van der Waals surface area contributed by atoms with Crippen LogP contribution < -0.4 is 5.32 Å². The molecule has 1 saturated heterocycles. The minimum Gasteiger partial charge on any atom is -0.460 e. The highest BCUT2D eigenvalue weighted by Crippen LogP contribution is 2.48. The van der Waals surface area contributed by atoms with Crippen LogP contribution >= 0.6 is 0 Å². The molecule has 144 valence electrons. The average molecular weight is 367 g/mol. The normalized spacial score (nSPS) is 26.8. The van der Waals surface area contributed by atoms with E-state index in [-0.39, 0.29) is 24.9 Å². The number of carbonyl (C=O) groups excluding carboxylic acids is 1. The predicted octanol–water partition coefficient (Wildman–Crippen LogP) is 3.24. The molecule has 6 heteroatoms. The second-order valence-electron chi connectivity index (χ2n) is 7.63. The summed E-state index contributed by atoms with van der Waals surface area (Å²) in [5.74, 6) is -4.30. The molecule has 0 spiro atoms. The molecular formula is C20H27F2NO3. The predicted molar refractivity (Wildman–Crippen MR) is 93.8 cm³/mol. The van der Waals surface area contributed by atoms with E-state index in [1.165, 1.54) is 0 Å². The second kappa shape index (κ2) is 7.61. The monoisotopic (exact) mass is 367 g/mol. The summed E-state index contributed by atoms with van der Waals surface area (Å²) in [5, 5.41) is 14.6. The third-order valence-corrected chi connectivity index (χ3v) is 5.86. The number of hydrogen-bond donors (Lipinski definition) is 2. The smallest absolute Gasteiger partial charge is 0.343 e. The molecule has 1 saturated carbocycles. The first-order valence-electron chi connectivity index (χ1n) is 9.40. The van der Waals surface area contributed by atoms with Gasteiger partial charge in [-0.1, -0.05) is 30.3 Å². The number of benzene rings is 1. The van der Waals surface area contributed by atoms with Crippen LogP contribution in [0.25, 0.3) is 0 Å². The highest BCUT2D eigenvalue weighted by molar-refractivity contribution is 5.81. The number of aliphatic hydroxyl groups is 1. The molecule has 3 atom stereocenters. The molecule has 0 bridgehead atoms. The Hall–Kier alpha value is -1.53. The molecule has 0 amide bonds. The molecule has 1 aromatic carbocycles. The van der Waals surface area contributed by atoms with E-state index in [1.807, 2.05) is 6.92 Å². The number of rotatable bonds is 5. The summed E-state index contributed by atoms with van der Waals surface area (Å²) in [6.45, 7) is 3.55. The van der Waals surface area contributed by atoms with Gasteiger partial charge in [-0.05, 0) is 50.8 Å². The van der Waals surface area contributed by atoms with Crippen molar-refractivity contribution in [1.29, 1.82) is 0 Å². The van der Waals surface area contributed by atoms with Crippen LogP contribution in [0.3, 0.4) is 0 Å². The van der Waals surface area contributed by atoms with Crippen LogP contribution in [0.1, 0.15) is 44.6 Å². The van der Waals surface area contributed by atoms with Gasteiger partial charge in [0.2, 0.25) is 5.92 Å². The lowest BCUT2D eigenvalue weighted by atomic mass is 9.80. The van der Waals surface area contributed by atoms with Gasteiger partial charge in [0.25, 0.3) is 0 Å². The van der Waals surface area contributed by atoms with Crippen molar-refractivity contribution < 1.29 is 23.4 Å². The zero-order valence-electron chi connectivity index (χ0n) is 15.1. The molecule has 0 unspecified atom stereocenters. The van der Waals surface area contributed by atoms with Gasteiger partial charge in [0.15, 0.2) is 5.60 Å². The number of esters is 1. The topological polar surface area (TPSA) is 58.6 Å². The maximum Gasteiger partial charge on any atom is 0.343 e. The Morgan fingerprint density at radius 3 is 2.50 bits per heavy atom. The van der Waals surface area contributed by atoms with E-state index in [0.717, 1.165) is 25.9 Å². The van der Waals surface area contributed by atoms with Crippen LogP contribution in [0.15, 0.2) is 30.3 Å². The molecule has 3 rings (SSSR count). The number of alkyl halides is 2. The van der Waals surface area contributed by atoms with E-state index >= 15 is 0 Å². The zero-order valence-corrected chi connectivity index (χ0v) is 15.1. The van der Waals surface area contributed by atoms with Gasteiger partial charge in [-0.15, -0.1) is 0 Å². The second-order valence-corrected chi connectivity index (χ2v) is 7.63. The Morgan fingerprint density at radius 1 is 1.27 bits per heavy atom. The highest BCUT2D eigenvalue weighted by atomic mass is 19.3. The Labute approximate surface area is 152 Å². The van der Waals surface area contributed by atoms with Crippen molar-refractivity contribution in [2.75, 3.05) is 13.1 Å². The Balaban J connectivity index is 1.82. The van der Waals surface area contributed by atoms with E-state index in [9.17, 15) is 18.7 Å². The average Bonchev–Trinajstić information content (AvgIpc) is 3.02. The molecule has 26 heavy (non-hydrogen) atoms. The van der Waals surface area contributed by atoms with Gasteiger partial charge in [-0.3, -0.25) is 0 Å². The van der Waals surface area contributed by atoms with Crippen molar-refractivity contribution in [2.45, 2.75) is 56.7 Å². The fourth-order valence-corrected chi connectivity index (χ4v) is 4.19. The first-order chi connectivity index (χ1) is 12.3. The van der Waals surface area contributed by atoms with Crippen molar-refractivity contribution >= 4 is 5.97 Å². The van der Waals surface area contributed by atoms with Crippen molar-refractivity contribution in [3.8, 4) is 0 Å². The van der Waals surface area contributed by atoms with E-state index < -0.39 is 29.8 Å². The van der Waals surface area contributed by atoms with Crippen LogP contribution in [0.2, 0.25) is 0 Å². The van der Waals surface area contributed by atoms with Gasteiger partial charge in [0.1, 0.15) is 6.10 Å². The fourth-order valence-electron chi connectivity index (χ4n) is 4.19. The summed E-state index contributed by atoms with van der Waals surface area (Å²) < 4.78 is 33.2. The summed E-state index contributed by atoms with van der Waals surface area (Å²) in [6.07, 6.45) is 0.690. The summed E-state index contributed by atoms with van der Waals surface area (Å²) in [7, 11) is 0. The van der Waals surface area contributed by atoms with E-state index in [0.29, 0.717) is 5.56 Å². The molecule has 0 aromatic heterocycles. The molecule has 1 aliphatic heterocycles. The van der Waals surface area contributed by atoms with Crippen LogP contribution in [-0.4, -0.2) is 36.2 Å². The SMILES string of the molecule is C[C@@H](OC(=O)[C@](O)(c1ccccc1)[C@@H]1CCC(F)(F)C1)C1CCNCC1. The standard InChI is InChI=1S/C20H27F2NO3/c1-14(15-8-11-23-12-9-15)26-18(24)20(25,16-5-3-2-4-6-16)17-7-10-19(21,22)13-17/h2-6,14-15,17,23,25H,7-13H2,1H3/t14-,17-,20+/m1/s1. The molecule has 1 aliphatic carbocycles. The number of ether oxygens (including phenoxy) is 1. The summed E-state index contributed by atoms with van der Waals surface area (Å²) in [6, 6.07) is 8.35. The van der Waals surface area contributed by atoms with Crippen molar-refractivity contribution in [1.82, 2.24) is 5.32 Å². The minimum atomic E-state index is -2.85. The molecule has 1 aromatic rings. The lowest BCUT2D eigenvalue weighted by Crippen LogP contribution is -2.46. The fraction of sp³-hybridized carbons (Fsp3) is 0.650. The van der Waals surface area contributed by atoms with Gasteiger partial charge < -0.3 is 15.2 Å². The summed E-state index contributed by atoms with van der Waals surface area (Å²) in [4.78, 5) is 13.0. The van der Waals surface area contributed by atoms with Crippen molar-refractivity contribution in [3.63, 3.8) is 0 Å². The lowest BCUT2D eigenvalue weighted by molar-refractivity contribution is -0.182. The molecule has 2 fully saturated rings. The number of nitrogens with one attached hydrogen (secondary N) is 1. The van der Waals surface area contributed by atoms with Crippen LogP contribution in [-0.2, 0) is 15.1 Å². The third kappa shape index (κ3) is 3.91. The van der Waals surface area contributed by atoms with E-state index in [4.69, 9.17) is 4.74 Å². The van der Waals surface area contributed by atoms with Crippen LogP contribution in [0.4, 0.5) is 8.78 Å². The Kier molecular flexibility index (Phi) is 5.63. The van der Waals surface area contributed by atoms with E-state index in [1.54, 1.807) is 30.3 Å². The molecule has 4 nitrogen and oxygen atoms in total. The zero-order chi connectivity index (χ0) is 18.8. The summed E-state index contributed by atoms with van der Waals surface area (Å²) in [5.41, 5.74) is -1.72. The molecule has 0 radical (unpaired) electrons. The maximum absolute atomic E-state index is 13.8. The van der Waals surface area contributed by atoms with Gasteiger partial charge >= 0.3 is 5.97 Å². The third-order valence-electron chi connectivity index (χ3n) is 5.86. The first-order valence-corrected chi connectivity index (χ1v) is 9.40. The molecule has 2 N–H and O–H groups in total. The van der Waals surface area contributed by atoms with E-state index in [2.05, 4.69) is 5.32 Å². The van der Waals surface area contributed by atoms with Gasteiger partial charge in [0.05, 0.1) is 0 Å². The highest BCUT2D eigenvalue weighted by Gasteiger charge is 2.54. The first kappa shape index (κ1) is 19.2. The Bertz CT molecular complexity index is 619. The number of carbonyl (C=O) groups is 1. The quantitative estimate of drug-likeness (QED) is 0.785. The number of hydrogen-bond acceptors (Lipinski definition) is 4. The van der Waals surface area contributed by atoms with Crippen LogP contribution in [0.5, 0.6) is 0 Å². The molecular weight excluding hydrogens is 340 g/mol. The Morgan fingerprint density at radius 2 is 1.92 bits per heavy atom. The van der Waals surface area contributed by atoms with Gasteiger partial charge in [-0.2, -0.15) is 0 Å². The number of piperidine rings is 1. The van der Waals surface area contributed by atoms with Crippen LogP contribution in [0, 0.1) is 11.8 Å². The van der Waals surface area contributed by atoms with Crippen molar-refractivity contribution in [2.24, 2.45) is 11.8 Å². The van der Waals surface area contributed by atoms with Gasteiger partial charge in [0, 0.05) is 18.8 Å². The molecule has 1 heterocycles. The minimum absolute atomic E-state index is 0.0925. The van der Waals surface area contributed by atoms with Gasteiger partial charge in [-0.25, -0.2) is 13.6 Å². The number of halogens is 2. The summed E-state index contributed by atoms with van der Waals surface area (Å²) >= 11 is 0. The largest absolute Gasteiger partial charge is 0.460 e. The lowest BCUT2D eigenvalue weighted by Gasteiger charge is -2.35. The molecule has 2 aliphatic rings.